The number of hydrogen-bond acceptors (Lipinski definition) is 2. The predicted octanol–water partition coefficient (Wildman–Crippen LogP) is 3.24. The predicted molar refractivity (Wildman–Crippen MR) is 86.0 cm³/mol. The van der Waals surface area contributed by atoms with Gasteiger partial charge in [0, 0.05) is 5.54 Å². The lowest BCUT2D eigenvalue weighted by atomic mass is 9.42. The van der Waals surface area contributed by atoms with E-state index in [0.717, 1.165) is 12.5 Å². The summed E-state index contributed by atoms with van der Waals surface area (Å²) >= 11 is 0. The van der Waals surface area contributed by atoms with Crippen molar-refractivity contribution in [3.63, 3.8) is 0 Å². The lowest BCUT2D eigenvalue weighted by Crippen LogP contribution is -2.68. The van der Waals surface area contributed by atoms with E-state index in [1.54, 1.807) is 0 Å². The lowest BCUT2D eigenvalue weighted by Gasteiger charge is -2.65. The standard InChI is InChI=1S/C18H32N2O/c1-6-19-15(2,3)14(21)20-18-9-13-7-16(4,11-18)10-17(5,8-13)12-18/h13,19H,6-12H2,1-5H3,(H,20,21). The van der Waals surface area contributed by atoms with Gasteiger partial charge in [-0.1, -0.05) is 20.8 Å². The van der Waals surface area contributed by atoms with Crippen LogP contribution < -0.4 is 10.6 Å². The minimum absolute atomic E-state index is 0.0622. The molecule has 4 rings (SSSR count). The molecule has 4 aliphatic rings. The Morgan fingerprint density at radius 3 is 2.14 bits per heavy atom. The normalized spacial score (nSPS) is 44.9. The molecule has 3 heteroatoms. The highest BCUT2D eigenvalue weighted by atomic mass is 16.2. The summed E-state index contributed by atoms with van der Waals surface area (Å²) in [7, 11) is 0. The molecule has 4 saturated carbocycles. The van der Waals surface area contributed by atoms with Gasteiger partial charge < -0.3 is 10.6 Å². The largest absolute Gasteiger partial charge is 0.349 e. The van der Waals surface area contributed by atoms with E-state index in [1.807, 2.05) is 13.8 Å². The molecule has 120 valence electrons. The Balaban J connectivity index is 1.81. The Kier molecular flexibility index (Phi) is 3.26. The summed E-state index contributed by atoms with van der Waals surface area (Å²) in [6.07, 6.45) is 7.66. The molecule has 0 spiro atoms. The average Bonchev–Trinajstić information content (AvgIpc) is 2.22. The van der Waals surface area contributed by atoms with E-state index in [0.29, 0.717) is 10.8 Å². The van der Waals surface area contributed by atoms with Crippen LogP contribution in [0, 0.1) is 16.7 Å². The van der Waals surface area contributed by atoms with E-state index in [4.69, 9.17) is 0 Å². The first kappa shape index (κ1) is 15.3. The molecule has 0 aromatic carbocycles. The highest BCUT2D eigenvalue weighted by molar-refractivity contribution is 5.86. The van der Waals surface area contributed by atoms with Crippen LogP contribution in [0.25, 0.3) is 0 Å². The molecular formula is C18H32N2O. The van der Waals surface area contributed by atoms with Crippen molar-refractivity contribution in [2.24, 2.45) is 16.7 Å². The molecule has 3 nitrogen and oxygen atoms in total. The summed E-state index contributed by atoms with van der Waals surface area (Å²) in [6.45, 7) is 11.8. The van der Waals surface area contributed by atoms with Gasteiger partial charge in [-0.05, 0) is 75.7 Å². The maximum atomic E-state index is 12.8. The molecule has 1 amide bonds. The average molecular weight is 292 g/mol. The van der Waals surface area contributed by atoms with Gasteiger partial charge in [-0.15, -0.1) is 0 Å². The number of hydrogen-bond donors (Lipinski definition) is 2. The van der Waals surface area contributed by atoms with E-state index in [9.17, 15) is 4.79 Å². The summed E-state index contributed by atoms with van der Waals surface area (Å²) in [5.41, 5.74) is 0.486. The molecule has 21 heavy (non-hydrogen) atoms. The van der Waals surface area contributed by atoms with Gasteiger partial charge in [0.1, 0.15) is 0 Å². The van der Waals surface area contributed by atoms with Gasteiger partial charge in [0.25, 0.3) is 0 Å². The summed E-state index contributed by atoms with van der Waals surface area (Å²) in [5.74, 6) is 0.997. The molecule has 0 radical (unpaired) electrons. The van der Waals surface area contributed by atoms with Crippen molar-refractivity contribution in [3.8, 4) is 0 Å². The lowest BCUT2D eigenvalue weighted by molar-refractivity contribution is -0.143. The van der Waals surface area contributed by atoms with Crippen LogP contribution >= 0.6 is 0 Å². The molecule has 0 aliphatic heterocycles. The number of carbonyl (C=O) groups is 1. The van der Waals surface area contributed by atoms with Gasteiger partial charge in [0.05, 0.1) is 5.54 Å². The molecule has 2 N–H and O–H groups in total. The molecule has 0 saturated heterocycles. The van der Waals surface area contributed by atoms with Crippen molar-refractivity contribution in [2.75, 3.05) is 6.54 Å². The molecule has 4 aliphatic carbocycles. The van der Waals surface area contributed by atoms with Crippen LogP contribution in [0.2, 0.25) is 0 Å². The van der Waals surface area contributed by atoms with Gasteiger partial charge in [0.15, 0.2) is 0 Å². The summed E-state index contributed by atoms with van der Waals surface area (Å²) < 4.78 is 0. The Labute approximate surface area is 129 Å². The van der Waals surface area contributed by atoms with Crippen LogP contribution in [0.3, 0.4) is 0 Å². The minimum Gasteiger partial charge on any atom is -0.349 e. The third kappa shape index (κ3) is 2.62. The van der Waals surface area contributed by atoms with E-state index in [-0.39, 0.29) is 11.4 Å². The van der Waals surface area contributed by atoms with Crippen LogP contribution in [-0.4, -0.2) is 23.5 Å². The fourth-order valence-electron chi connectivity index (χ4n) is 6.51. The Bertz CT molecular complexity index is 438. The Morgan fingerprint density at radius 2 is 1.67 bits per heavy atom. The van der Waals surface area contributed by atoms with Crippen molar-refractivity contribution < 1.29 is 4.79 Å². The van der Waals surface area contributed by atoms with Gasteiger partial charge >= 0.3 is 0 Å². The zero-order valence-corrected chi connectivity index (χ0v) is 14.4. The number of nitrogens with one attached hydrogen (secondary N) is 2. The van der Waals surface area contributed by atoms with Gasteiger partial charge in [-0.2, -0.15) is 0 Å². The molecular weight excluding hydrogens is 260 g/mol. The minimum atomic E-state index is -0.472. The quantitative estimate of drug-likeness (QED) is 0.835. The third-order valence-corrected chi connectivity index (χ3v) is 6.19. The second kappa shape index (κ2) is 4.47. The molecule has 0 heterocycles. The van der Waals surface area contributed by atoms with E-state index >= 15 is 0 Å². The zero-order valence-electron chi connectivity index (χ0n) is 14.4. The number of likely N-dealkylation sites (N-methyl/N-ethyl adjacent to an activating group) is 1. The molecule has 4 bridgehead atoms. The smallest absolute Gasteiger partial charge is 0.240 e. The first-order valence-electron chi connectivity index (χ1n) is 8.67. The molecule has 2 atom stereocenters. The van der Waals surface area contributed by atoms with E-state index < -0.39 is 5.54 Å². The first-order valence-corrected chi connectivity index (χ1v) is 8.67. The maximum Gasteiger partial charge on any atom is 0.240 e. The molecule has 2 unspecified atom stereocenters. The van der Waals surface area contributed by atoms with Crippen molar-refractivity contribution in [1.29, 1.82) is 0 Å². The topological polar surface area (TPSA) is 41.1 Å². The Morgan fingerprint density at radius 1 is 1.10 bits per heavy atom. The summed E-state index contributed by atoms with van der Waals surface area (Å²) in [4.78, 5) is 12.8. The van der Waals surface area contributed by atoms with Crippen LogP contribution in [0.4, 0.5) is 0 Å². The van der Waals surface area contributed by atoms with Crippen molar-refractivity contribution in [2.45, 2.75) is 84.2 Å². The second-order valence-corrected chi connectivity index (χ2v) is 9.52. The van der Waals surface area contributed by atoms with Crippen molar-refractivity contribution in [1.82, 2.24) is 10.6 Å². The SMILES string of the molecule is CCNC(C)(C)C(=O)NC12CC3CC(C)(CC(C)(C3)C1)C2. The third-order valence-electron chi connectivity index (χ3n) is 6.19. The number of carbonyl (C=O) groups excluding carboxylic acids is 1. The number of rotatable bonds is 4. The van der Waals surface area contributed by atoms with Crippen molar-refractivity contribution in [3.05, 3.63) is 0 Å². The number of amides is 1. The van der Waals surface area contributed by atoms with Crippen LogP contribution in [0.15, 0.2) is 0 Å². The first-order chi connectivity index (χ1) is 9.60. The van der Waals surface area contributed by atoms with Crippen LogP contribution in [-0.2, 0) is 4.79 Å². The second-order valence-electron chi connectivity index (χ2n) is 9.52. The molecule has 4 fully saturated rings. The highest BCUT2D eigenvalue weighted by Crippen LogP contribution is 2.66. The van der Waals surface area contributed by atoms with Gasteiger partial charge in [-0.3, -0.25) is 4.79 Å². The maximum absolute atomic E-state index is 12.8. The fraction of sp³-hybridized carbons (Fsp3) is 0.944. The Hall–Kier alpha value is -0.570. The van der Waals surface area contributed by atoms with Gasteiger partial charge in [-0.25, -0.2) is 0 Å². The van der Waals surface area contributed by atoms with Crippen LogP contribution in [0.5, 0.6) is 0 Å². The highest BCUT2D eigenvalue weighted by Gasteiger charge is 2.60. The van der Waals surface area contributed by atoms with E-state index in [2.05, 4.69) is 31.4 Å². The zero-order chi connectivity index (χ0) is 15.5. The van der Waals surface area contributed by atoms with Gasteiger partial charge in [0.2, 0.25) is 5.91 Å². The molecule has 0 aromatic heterocycles. The summed E-state index contributed by atoms with van der Waals surface area (Å²) in [5, 5.41) is 6.81. The monoisotopic (exact) mass is 292 g/mol. The summed E-state index contributed by atoms with van der Waals surface area (Å²) in [6, 6.07) is 0. The van der Waals surface area contributed by atoms with Crippen LogP contribution in [0.1, 0.15) is 73.1 Å². The fourth-order valence-corrected chi connectivity index (χ4v) is 6.51. The van der Waals surface area contributed by atoms with E-state index in [1.165, 1.54) is 38.5 Å². The van der Waals surface area contributed by atoms with Crippen molar-refractivity contribution >= 4 is 5.91 Å². The molecule has 0 aromatic rings.